The third kappa shape index (κ3) is 8.02. The average Bonchev–Trinajstić information content (AvgIpc) is 2.10. The van der Waals surface area contributed by atoms with Crippen molar-refractivity contribution < 1.29 is 14.6 Å². The summed E-state index contributed by atoms with van der Waals surface area (Å²) in [6, 6.07) is -0.330. The van der Waals surface area contributed by atoms with Crippen LogP contribution in [0.15, 0.2) is 0 Å². The van der Waals surface area contributed by atoms with Gasteiger partial charge in [-0.25, -0.2) is 0 Å². The van der Waals surface area contributed by atoms with Crippen LogP contribution >= 0.6 is 12.4 Å². The fraction of sp³-hybridized carbons (Fsp3) is 0.875. The monoisotopic (exact) mass is 211 g/mol. The number of carbonyl (C=O) groups excluding carboxylic acids is 1. The van der Waals surface area contributed by atoms with Crippen LogP contribution in [0.3, 0.4) is 0 Å². The van der Waals surface area contributed by atoms with Gasteiger partial charge in [-0.15, -0.1) is 12.4 Å². The van der Waals surface area contributed by atoms with Gasteiger partial charge in [-0.2, -0.15) is 0 Å². The summed E-state index contributed by atoms with van der Waals surface area (Å²) in [4.78, 5) is 11.0. The van der Waals surface area contributed by atoms with Gasteiger partial charge in [-0.3, -0.25) is 4.79 Å². The Labute approximate surface area is 85.1 Å². The molecular weight excluding hydrogens is 194 g/mol. The number of nitrogens with one attached hydrogen (secondary N) is 1. The van der Waals surface area contributed by atoms with E-state index in [2.05, 4.69) is 5.32 Å². The normalized spacial score (nSPS) is 11.6. The molecular formula is C8H18ClNO3. The van der Waals surface area contributed by atoms with E-state index < -0.39 is 0 Å². The lowest BCUT2D eigenvalue weighted by Gasteiger charge is -2.11. The molecule has 0 bridgehead atoms. The van der Waals surface area contributed by atoms with E-state index in [0.29, 0.717) is 13.2 Å². The van der Waals surface area contributed by atoms with Crippen molar-refractivity contribution in [3.05, 3.63) is 0 Å². The zero-order valence-corrected chi connectivity index (χ0v) is 8.89. The Bertz CT molecular complexity index is 133. The highest BCUT2D eigenvalue weighted by Gasteiger charge is 2.11. The van der Waals surface area contributed by atoms with Crippen LogP contribution in [0.25, 0.3) is 0 Å². The largest absolute Gasteiger partial charge is 0.465 e. The molecule has 1 atom stereocenters. The maximum Gasteiger partial charge on any atom is 0.322 e. The van der Waals surface area contributed by atoms with Crippen LogP contribution in [-0.4, -0.2) is 36.9 Å². The number of halogens is 1. The Hall–Kier alpha value is -0.320. The van der Waals surface area contributed by atoms with Crippen molar-refractivity contribution in [1.82, 2.24) is 5.32 Å². The Morgan fingerprint density at radius 2 is 2.23 bits per heavy atom. The summed E-state index contributed by atoms with van der Waals surface area (Å²) in [5.74, 6) is -0.259. The van der Waals surface area contributed by atoms with E-state index in [0.717, 1.165) is 6.42 Å². The number of hydrogen-bond acceptors (Lipinski definition) is 4. The van der Waals surface area contributed by atoms with Crippen LogP contribution in [0.1, 0.15) is 20.3 Å². The van der Waals surface area contributed by atoms with Gasteiger partial charge in [0.15, 0.2) is 0 Å². The molecule has 0 aliphatic rings. The van der Waals surface area contributed by atoms with E-state index in [1.807, 2.05) is 6.92 Å². The molecule has 0 aliphatic heterocycles. The number of rotatable bonds is 6. The molecule has 0 aromatic carbocycles. The van der Waals surface area contributed by atoms with E-state index in [-0.39, 0.29) is 31.0 Å². The van der Waals surface area contributed by atoms with Gasteiger partial charge in [0.25, 0.3) is 0 Å². The Kier molecular flexibility index (Phi) is 11.4. The molecule has 80 valence electrons. The van der Waals surface area contributed by atoms with E-state index in [1.165, 1.54) is 0 Å². The van der Waals surface area contributed by atoms with Gasteiger partial charge in [0.05, 0.1) is 13.2 Å². The van der Waals surface area contributed by atoms with Crippen molar-refractivity contribution in [3.63, 3.8) is 0 Å². The minimum absolute atomic E-state index is 0. The van der Waals surface area contributed by atoms with E-state index in [1.54, 1.807) is 6.92 Å². The van der Waals surface area contributed by atoms with E-state index in [4.69, 9.17) is 9.84 Å². The Balaban J connectivity index is 0. The summed E-state index contributed by atoms with van der Waals surface area (Å²) in [6.07, 6.45) is 0.832. The molecule has 0 saturated heterocycles. The van der Waals surface area contributed by atoms with Crippen molar-refractivity contribution in [2.75, 3.05) is 19.8 Å². The average molecular weight is 212 g/mol. The van der Waals surface area contributed by atoms with Gasteiger partial charge >= 0.3 is 5.97 Å². The third-order valence-electron chi connectivity index (χ3n) is 1.36. The summed E-state index contributed by atoms with van der Waals surface area (Å²) < 4.78 is 4.87. The molecule has 5 heteroatoms. The first-order chi connectivity index (χ1) is 5.72. The number of ether oxygens (including phenoxy) is 1. The Morgan fingerprint density at radius 1 is 1.62 bits per heavy atom. The van der Waals surface area contributed by atoms with Crippen LogP contribution < -0.4 is 5.32 Å². The molecule has 13 heavy (non-hydrogen) atoms. The highest BCUT2D eigenvalue weighted by Crippen LogP contribution is 1.88. The minimum atomic E-state index is -0.330. The van der Waals surface area contributed by atoms with Gasteiger partial charge in [-0.05, 0) is 13.3 Å². The van der Waals surface area contributed by atoms with Crippen molar-refractivity contribution in [3.8, 4) is 0 Å². The van der Waals surface area contributed by atoms with Gasteiger partial charge in [0, 0.05) is 6.54 Å². The van der Waals surface area contributed by atoms with Crippen LogP contribution in [0.2, 0.25) is 0 Å². The van der Waals surface area contributed by atoms with Crippen LogP contribution in [-0.2, 0) is 9.53 Å². The molecule has 0 saturated carbocycles. The molecule has 2 N–H and O–H groups in total. The van der Waals surface area contributed by atoms with E-state index in [9.17, 15) is 4.79 Å². The van der Waals surface area contributed by atoms with Gasteiger partial charge < -0.3 is 15.2 Å². The van der Waals surface area contributed by atoms with Gasteiger partial charge in [0.2, 0.25) is 0 Å². The number of aliphatic hydroxyl groups excluding tert-OH is 1. The van der Waals surface area contributed by atoms with Crippen molar-refractivity contribution in [2.45, 2.75) is 26.3 Å². The predicted octanol–water partition coefficient (Wildman–Crippen LogP) is 0.332. The zero-order chi connectivity index (χ0) is 9.40. The van der Waals surface area contributed by atoms with Gasteiger partial charge in [0.1, 0.15) is 6.04 Å². The van der Waals surface area contributed by atoms with Crippen molar-refractivity contribution in [2.24, 2.45) is 0 Å². The fourth-order valence-corrected chi connectivity index (χ4v) is 0.692. The number of esters is 1. The highest BCUT2D eigenvalue weighted by molar-refractivity contribution is 5.85. The maximum atomic E-state index is 11.0. The molecule has 0 heterocycles. The molecule has 0 rings (SSSR count). The van der Waals surface area contributed by atoms with Crippen molar-refractivity contribution in [1.29, 1.82) is 0 Å². The summed E-state index contributed by atoms with van der Waals surface area (Å²) >= 11 is 0. The van der Waals surface area contributed by atoms with E-state index >= 15 is 0 Å². The Morgan fingerprint density at radius 3 is 2.69 bits per heavy atom. The summed E-state index contributed by atoms with van der Waals surface area (Å²) in [6.45, 7) is 4.57. The smallest absolute Gasteiger partial charge is 0.322 e. The SMILES string of the molecule is CCCOC(=O)C(C)NCCO.Cl. The second-order valence-electron chi connectivity index (χ2n) is 2.57. The lowest BCUT2D eigenvalue weighted by atomic mass is 10.3. The number of aliphatic hydroxyl groups is 1. The molecule has 0 aliphatic carbocycles. The molecule has 4 nitrogen and oxygen atoms in total. The third-order valence-corrected chi connectivity index (χ3v) is 1.36. The fourth-order valence-electron chi connectivity index (χ4n) is 0.692. The van der Waals surface area contributed by atoms with Gasteiger partial charge in [-0.1, -0.05) is 6.92 Å². The molecule has 0 radical (unpaired) electrons. The quantitative estimate of drug-likeness (QED) is 0.622. The standard InChI is InChI=1S/C8H17NO3.ClH/c1-3-6-12-8(11)7(2)9-4-5-10;/h7,9-10H,3-6H2,1-2H3;1H. The first-order valence-electron chi connectivity index (χ1n) is 4.23. The topological polar surface area (TPSA) is 58.6 Å². The molecule has 0 amide bonds. The molecule has 0 aromatic heterocycles. The zero-order valence-electron chi connectivity index (χ0n) is 8.08. The maximum absolute atomic E-state index is 11.0. The summed E-state index contributed by atoms with van der Waals surface area (Å²) in [5, 5.41) is 11.3. The number of carbonyl (C=O) groups is 1. The highest BCUT2D eigenvalue weighted by atomic mass is 35.5. The summed E-state index contributed by atoms with van der Waals surface area (Å²) in [5.41, 5.74) is 0. The molecule has 0 fully saturated rings. The number of hydrogen-bond donors (Lipinski definition) is 2. The second-order valence-corrected chi connectivity index (χ2v) is 2.57. The molecule has 0 spiro atoms. The van der Waals surface area contributed by atoms with Crippen LogP contribution in [0.5, 0.6) is 0 Å². The molecule has 0 aromatic rings. The predicted molar refractivity (Wildman–Crippen MR) is 53.0 cm³/mol. The minimum Gasteiger partial charge on any atom is -0.465 e. The van der Waals surface area contributed by atoms with Crippen molar-refractivity contribution >= 4 is 18.4 Å². The van der Waals surface area contributed by atoms with Crippen LogP contribution in [0.4, 0.5) is 0 Å². The first kappa shape index (κ1) is 15.2. The molecule has 1 unspecified atom stereocenters. The van der Waals surface area contributed by atoms with Crippen LogP contribution in [0, 0.1) is 0 Å². The summed E-state index contributed by atoms with van der Waals surface area (Å²) in [7, 11) is 0. The lowest BCUT2D eigenvalue weighted by molar-refractivity contribution is -0.145. The second kappa shape index (κ2) is 9.77. The first-order valence-corrected chi connectivity index (χ1v) is 4.23. The lowest BCUT2D eigenvalue weighted by Crippen LogP contribution is -2.37.